The fraction of sp³-hybridized carbons (Fsp3) is 0.444. The van der Waals surface area contributed by atoms with E-state index in [1.807, 2.05) is 51.0 Å². The van der Waals surface area contributed by atoms with Gasteiger partial charge in [0.15, 0.2) is 0 Å². The highest BCUT2D eigenvalue weighted by molar-refractivity contribution is 5.97. The molecule has 33 heavy (non-hydrogen) atoms. The summed E-state index contributed by atoms with van der Waals surface area (Å²) in [7, 11) is 4.02. The molecule has 0 unspecified atom stereocenters. The Morgan fingerprint density at radius 2 is 1.67 bits per heavy atom. The summed E-state index contributed by atoms with van der Waals surface area (Å²) < 4.78 is 0. The Bertz CT molecular complexity index is 1130. The van der Waals surface area contributed by atoms with Crippen LogP contribution in [0.2, 0.25) is 0 Å². The smallest absolute Gasteiger partial charge is 0.251 e. The highest BCUT2D eigenvalue weighted by Gasteiger charge is 2.23. The Hall–Kier alpha value is -3.15. The third-order valence-electron chi connectivity index (χ3n) is 6.64. The summed E-state index contributed by atoms with van der Waals surface area (Å²) in [5.41, 5.74) is 5.06. The number of para-hydroxylation sites is 1. The monoisotopic (exact) mass is 445 g/mol. The Morgan fingerprint density at radius 3 is 2.33 bits per heavy atom. The van der Waals surface area contributed by atoms with E-state index in [0.29, 0.717) is 17.9 Å². The van der Waals surface area contributed by atoms with E-state index in [-0.39, 0.29) is 5.91 Å². The second kappa shape index (κ2) is 9.77. The molecule has 1 aliphatic carbocycles. The van der Waals surface area contributed by atoms with Crippen LogP contribution >= 0.6 is 0 Å². The predicted molar refractivity (Wildman–Crippen MR) is 136 cm³/mol. The molecule has 2 aromatic carbocycles. The van der Waals surface area contributed by atoms with Crippen LogP contribution < -0.4 is 15.5 Å². The van der Waals surface area contributed by atoms with Gasteiger partial charge >= 0.3 is 0 Å². The lowest BCUT2D eigenvalue weighted by molar-refractivity contribution is 0.0942. The maximum atomic E-state index is 12.8. The summed E-state index contributed by atoms with van der Waals surface area (Å²) in [6.07, 6.45) is 4.27. The second-order valence-corrected chi connectivity index (χ2v) is 9.63. The van der Waals surface area contributed by atoms with E-state index >= 15 is 0 Å². The van der Waals surface area contributed by atoms with Crippen molar-refractivity contribution in [3.05, 3.63) is 58.7 Å². The number of amides is 1. The van der Waals surface area contributed by atoms with Crippen LogP contribution in [0.1, 0.15) is 52.7 Å². The van der Waals surface area contributed by atoms with Crippen molar-refractivity contribution in [1.29, 1.82) is 0 Å². The number of fused-ring (bicyclic) bond motifs is 1. The summed E-state index contributed by atoms with van der Waals surface area (Å²) in [6, 6.07) is 12.6. The van der Waals surface area contributed by atoms with Gasteiger partial charge in [0.1, 0.15) is 5.82 Å². The van der Waals surface area contributed by atoms with Gasteiger partial charge in [-0.2, -0.15) is 4.98 Å². The van der Waals surface area contributed by atoms with Gasteiger partial charge in [0.25, 0.3) is 5.91 Å². The fourth-order valence-electron chi connectivity index (χ4n) is 5.02. The molecule has 0 atom stereocenters. The summed E-state index contributed by atoms with van der Waals surface area (Å²) in [6.45, 7) is 6.83. The Kier molecular flexibility index (Phi) is 6.82. The average molecular weight is 446 g/mol. The Morgan fingerprint density at radius 1 is 1.00 bits per heavy atom. The van der Waals surface area contributed by atoms with Gasteiger partial charge in [0, 0.05) is 37.6 Å². The molecule has 0 saturated heterocycles. The second-order valence-electron chi connectivity index (χ2n) is 9.63. The van der Waals surface area contributed by atoms with Crippen molar-refractivity contribution in [2.45, 2.75) is 52.5 Å². The van der Waals surface area contributed by atoms with Crippen LogP contribution in [0, 0.1) is 26.7 Å². The van der Waals surface area contributed by atoms with Gasteiger partial charge in [-0.1, -0.05) is 29.8 Å². The van der Waals surface area contributed by atoms with Gasteiger partial charge in [0.2, 0.25) is 5.95 Å². The Balaban J connectivity index is 1.33. The summed E-state index contributed by atoms with van der Waals surface area (Å²) in [5, 5.41) is 7.81. The fourth-order valence-corrected chi connectivity index (χ4v) is 5.02. The number of anilines is 2. The zero-order valence-corrected chi connectivity index (χ0v) is 20.4. The van der Waals surface area contributed by atoms with E-state index in [9.17, 15) is 4.79 Å². The molecule has 2 N–H and O–H groups in total. The molecular formula is C27H35N5O. The lowest BCUT2D eigenvalue weighted by Gasteiger charge is -2.29. The van der Waals surface area contributed by atoms with Gasteiger partial charge in [-0.3, -0.25) is 4.79 Å². The summed E-state index contributed by atoms with van der Waals surface area (Å²) in [4.78, 5) is 24.3. The molecule has 0 radical (unpaired) electrons. The first-order valence-electron chi connectivity index (χ1n) is 11.9. The first-order valence-corrected chi connectivity index (χ1v) is 11.9. The minimum absolute atomic E-state index is 0.0472. The van der Waals surface area contributed by atoms with Crippen molar-refractivity contribution < 1.29 is 4.79 Å². The molecule has 0 spiro atoms. The van der Waals surface area contributed by atoms with Crippen LogP contribution in [0.5, 0.6) is 0 Å². The molecule has 174 valence electrons. The van der Waals surface area contributed by atoms with E-state index in [4.69, 9.17) is 9.97 Å². The standard InChI is InChI=1S/C27H35N5O/c1-17-14-18(2)24(19(3)15-17)26(33)28-16-20-10-12-21(13-11-20)29-27-30-23-9-7-6-8-22(23)25(31-27)32(4)5/h6-9,14-15,20-21H,10-13,16H2,1-5H3,(H,28,33)(H,29,30,31)/t20-,21+. The minimum atomic E-state index is 0.0472. The zero-order chi connectivity index (χ0) is 23.5. The van der Waals surface area contributed by atoms with E-state index in [1.165, 1.54) is 5.56 Å². The number of carbonyl (C=O) groups excluding carboxylic acids is 1. The van der Waals surface area contributed by atoms with Gasteiger partial charge in [0.05, 0.1) is 5.52 Å². The molecule has 1 amide bonds. The lowest BCUT2D eigenvalue weighted by Crippen LogP contribution is -2.34. The first kappa shape index (κ1) is 23.0. The van der Waals surface area contributed by atoms with Crippen molar-refractivity contribution >= 4 is 28.6 Å². The van der Waals surface area contributed by atoms with E-state index in [0.717, 1.165) is 65.6 Å². The lowest BCUT2D eigenvalue weighted by atomic mass is 9.86. The highest BCUT2D eigenvalue weighted by Crippen LogP contribution is 2.28. The molecule has 0 bridgehead atoms. The van der Waals surface area contributed by atoms with Gasteiger partial charge in [-0.25, -0.2) is 4.98 Å². The predicted octanol–water partition coefficient (Wildman–Crippen LogP) is 5.02. The molecule has 1 heterocycles. The molecule has 4 rings (SSSR count). The SMILES string of the molecule is Cc1cc(C)c(C(=O)NC[C@H]2CC[C@@H](Nc3nc(N(C)C)c4ccccc4n3)CC2)c(C)c1. The molecule has 6 nitrogen and oxygen atoms in total. The molecule has 1 aliphatic rings. The van der Waals surface area contributed by atoms with Crippen LogP contribution in [-0.4, -0.2) is 42.6 Å². The van der Waals surface area contributed by atoms with Crippen LogP contribution in [-0.2, 0) is 0 Å². The highest BCUT2D eigenvalue weighted by atomic mass is 16.1. The van der Waals surface area contributed by atoms with E-state index in [1.54, 1.807) is 0 Å². The van der Waals surface area contributed by atoms with Crippen molar-refractivity contribution in [2.75, 3.05) is 30.9 Å². The van der Waals surface area contributed by atoms with Crippen molar-refractivity contribution in [1.82, 2.24) is 15.3 Å². The summed E-state index contributed by atoms with van der Waals surface area (Å²) >= 11 is 0. The molecule has 1 saturated carbocycles. The molecule has 1 fully saturated rings. The van der Waals surface area contributed by atoms with Crippen LogP contribution in [0.25, 0.3) is 10.9 Å². The van der Waals surface area contributed by atoms with Crippen molar-refractivity contribution in [2.24, 2.45) is 5.92 Å². The third kappa shape index (κ3) is 5.27. The van der Waals surface area contributed by atoms with Gasteiger partial charge in [-0.05, 0) is 75.6 Å². The van der Waals surface area contributed by atoms with Crippen LogP contribution in [0.15, 0.2) is 36.4 Å². The molecule has 0 aliphatic heterocycles. The number of hydrogen-bond donors (Lipinski definition) is 2. The van der Waals surface area contributed by atoms with Crippen molar-refractivity contribution in [3.8, 4) is 0 Å². The number of benzene rings is 2. The zero-order valence-electron chi connectivity index (χ0n) is 20.4. The minimum Gasteiger partial charge on any atom is -0.362 e. The third-order valence-corrected chi connectivity index (χ3v) is 6.64. The van der Waals surface area contributed by atoms with E-state index in [2.05, 4.69) is 35.8 Å². The number of hydrogen-bond acceptors (Lipinski definition) is 5. The van der Waals surface area contributed by atoms with Gasteiger partial charge < -0.3 is 15.5 Å². The van der Waals surface area contributed by atoms with Crippen LogP contribution in [0.4, 0.5) is 11.8 Å². The molecular weight excluding hydrogens is 410 g/mol. The molecule has 3 aromatic rings. The number of aryl methyl sites for hydroxylation is 3. The largest absolute Gasteiger partial charge is 0.362 e. The Labute approximate surface area is 196 Å². The number of nitrogens with zero attached hydrogens (tertiary/aromatic N) is 3. The number of nitrogens with one attached hydrogen (secondary N) is 2. The molecule has 1 aromatic heterocycles. The number of carbonyl (C=O) groups is 1. The van der Waals surface area contributed by atoms with Gasteiger partial charge in [-0.15, -0.1) is 0 Å². The normalized spacial score (nSPS) is 18.2. The first-order chi connectivity index (χ1) is 15.8. The summed E-state index contributed by atoms with van der Waals surface area (Å²) in [5.74, 6) is 2.18. The van der Waals surface area contributed by atoms with Crippen molar-refractivity contribution in [3.63, 3.8) is 0 Å². The average Bonchev–Trinajstić information content (AvgIpc) is 2.77. The number of aromatic nitrogens is 2. The van der Waals surface area contributed by atoms with E-state index < -0.39 is 0 Å². The quantitative estimate of drug-likeness (QED) is 0.557. The maximum absolute atomic E-state index is 12.8. The molecule has 6 heteroatoms. The maximum Gasteiger partial charge on any atom is 0.251 e. The van der Waals surface area contributed by atoms with Crippen LogP contribution in [0.3, 0.4) is 0 Å². The topological polar surface area (TPSA) is 70.2 Å². The number of rotatable bonds is 6.